The van der Waals surface area contributed by atoms with Gasteiger partial charge in [0.2, 0.25) is 12.0 Å². The summed E-state index contributed by atoms with van der Waals surface area (Å²) in [4.78, 5) is 50.0. The number of ether oxygens (including phenoxy) is 5. The van der Waals surface area contributed by atoms with Crippen LogP contribution >= 0.6 is 0 Å². The van der Waals surface area contributed by atoms with Gasteiger partial charge in [0.05, 0.1) is 13.2 Å². The van der Waals surface area contributed by atoms with Crippen molar-refractivity contribution in [1.82, 2.24) is 9.55 Å². The van der Waals surface area contributed by atoms with E-state index >= 15 is 0 Å². The molecule has 0 saturated carbocycles. The van der Waals surface area contributed by atoms with E-state index in [1.807, 2.05) is 6.92 Å². The lowest BCUT2D eigenvalue weighted by Crippen LogP contribution is -2.48. The molecule has 0 amide bonds. The summed E-state index contributed by atoms with van der Waals surface area (Å²) < 4.78 is 28.8. The van der Waals surface area contributed by atoms with Gasteiger partial charge >= 0.3 is 17.6 Å². The van der Waals surface area contributed by atoms with Crippen LogP contribution in [0.3, 0.4) is 0 Å². The highest BCUT2D eigenvalue weighted by molar-refractivity contribution is 5.86. The summed E-state index contributed by atoms with van der Waals surface area (Å²) >= 11 is 0. The normalized spacial score (nSPS) is 32.5. The van der Waals surface area contributed by atoms with E-state index in [1.165, 1.54) is 20.4 Å². The van der Waals surface area contributed by atoms with Gasteiger partial charge in [0, 0.05) is 31.2 Å². The predicted molar refractivity (Wildman–Crippen MR) is 111 cm³/mol. The van der Waals surface area contributed by atoms with E-state index in [9.17, 15) is 24.3 Å². The van der Waals surface area contributed by atoms with Crippen LogP contribution < -0.4 is 11.2 Å². The number of aromatic nitrogens is 2. The van der Waals surface area contributed by atoms with E-state index < -0.39 is 59.9 Å². The summed E-state index contributed by atoms with van der Waals surface area (Å²) in [6, 6.07) is 1.16. The Morgan fingerprint density at radius 3 is 2.45 bits per heavy atom. The number of carboxylic acids is 1. The van der Waals surface area contributed by atoms with Gasteiger partial charge in [-0.15, -0.1) is 0 Å². The molecule has 12 nitrogen and oxygen atoms in total. The molecule has 182 valence electrons. The molecule has 0 aliphatic carbocycles. The number of rotatable bonds is 7. The molecule has 3 heterocycles. The highest BCUT2D eigenvalue weighted by atomic mass is 16.7. The average Bonchev–Trinajstić information content (AvgIpc) is 3.09. The summed E-state index contributed by atoms with van der Waals surface area (Å²) in [6.07, 6.45) is -2.55. The van der Waals surface area contributed by atoms with Crippen molar-refractivity contribution in [2.45, 2.75) is 51.6 Å². The van der Waals surface area contributed by atoms with Gasteiger partial charge in [-0.2, -0.15) is 0 Å². The molecule has 12 heteroatoms. The fraction of sp³-hybridized carbons (Fsp3) is 0.619. The summed E-state index contributed by atoms with van der Waals surface area (Å²) in [6.45, 7) is 5.37. The number of allylic oxidation sites excluding steroid dienone is 1. The second-order valence-corrected chi connectivity index (χ2v) is 8.19. The Kier molecular flexibility index (Phi) is 7.40. The molecule has 0 spiro atoms. The van der Waals surface area contributed by atoms with Crippen LogP contribution in [-0.4, -0.2) is 65.4 Å². The molecule has 8 unspecified atom stereocenters. The Labute approximate surface area is 189 Å². The molecule has 1 saturated heterocycles. The Balaban J connectivity index is 1.88. The van der Waals surface area contributed by atoms with E-state index in [2.05, 4.69) is 4.98 Å². The average molecular weight is 468 g/mol. The second kappa shape index (κ2) is 9.89. The van der Waals surface area contributed by atoms with Crippen LogP contribution in [0.5, 0.6) is 0 Å². The van der Waals surface area contributed by atoms with Crippen molar-refractivity contribution < 1.29 is 38.4 Å². The number of aliphatic carboxylic acids is 1. The Morgan fingerprint density at radius 2 is 1.88 bits per heavy atom. The number of carboxylic acid groups (broad SMARTS) is 1. The maximum atomic E-state index is 12.3. The number of hydrogen-bond donors (Lipinski definition) is 2. The third-order valence-electron chi connectivity index (χ3n) is 6.11. The minimum Gasteiger partial charge on any atom is -0.479 e. The number of carbonyl (C=O) groups is 2. The number of nitrogens with zero attached hydrogens (tertiary/aromatic N) is 1. The first-order valence-corrected chi connectivity index (χ1v) is 10.4. The number of aromatic amines is 1. The number of nitrogens with one attached hydrogen (secondary N) is 1. The van der Waals surface area contributed by atoms with Crippen molar-refractivity contribution in [3.8, 4) is 0 Å². The van der Waals surface area contributed by atoms with Crippen LogP contribution in [0.15, 0.2) is 33.7 Å². The van der Waals surface area contributed by atoms with Crippen LogP contribution in [0.4, 0.5) is 0 Å². The maximum absolute atomic E-state index is 12.3. The number of methoxy groups -OCH3 is 2. The van der Waals surface area contributed by atoms with Gasteiger partial charge in [0.1, 0.15) is 12.3 Å². The van der Waals surface area contributed by atoms with Gasteiger partial charge in [-0.25, -0.2) is 14.4 Å². The van der Waals surface area contributed by atoms with Crippen molar-refractivity contribution in [3.05, 3.63) is 44.9 Å². The molecule has 1 aromatic rings. The quantitative estimate of drug-likeness (QED) is 0.532. The smallest absolute Gasteiger partial charge is 0.373 e. The molecule has 0 radical (unpaired) electrons. The number of hydrogen-bond acceptors (Lipinski definition) is 9. The van der Waals surface area contributed by atoms with Gasteiger partial charge in [-0.05, 0) is 12.0 Å². The van der Waals surface area contributed by atoms with Crippen LogP contribution in [0.2, 0.25) is 0 Å². The molecule has 2 aliphatic rings. The zero-order valence-electron chi connectivity index (χ0n) is 18.9. The first-order chi connectivity index (χ1) is 15.6. The van der Waals surface area contributed by atoms with Crippen LogP contribution in [0.1, 0.15) is 27.0 Å². The van der Waals surface area contributed by atoms with Crippen molar-refractivity contribution in [2.24, 2.45) is 17.8 Å². The van der Waals surface area contributed by atoms with Crippen LogP contribution in [0.25, 0.3) is 0 Å². The van der Waals surface area contributed by atoms with Gasteiger partial charge in [-0.1, -0.05) is 20.8 Å². The van der Waals surface area contributed by atoms with Gasteiger partial charge < -0.3 is 28.8 Å². The fourth-order valence-electron chi connectivity index (χ4n) is 4.06. The Morgan fingerprint density at radius 1 is 1.18 bits per heavy atom. The zero-order chi connectivity index (χ0) is 24.4. The van der Waals surface area contributed by atoms with E-state index in [4.69, 9.17) is 23.7 Å². The van der Waals surface area contributed by atoms with Gasteiger partial charge in [0.15, 0.2) is 6.10 Å². The highest BCUT2D eigenvalue weighted by Gasteiger charge is 2.51. The molecule has 1 fully saturated rings. The number of H-pyrrole nitrogens is 1. The molecule has 2 N–H and O–H groups in total. The van der Waals surface area contributed by atoms with Crippen molar-refractivity contribution >= 4 is 11.9 Å². The fourth-order valence-corrected chi connectivity index (χ4v) is 4.06. The maximum Gasteiger partial charge on any atom is 0.373 e. The molecule has 33 heavy (non-hydrogen) atoms. The lowest BCUT2D eigenvalue weighted by Gasteiger charge is -2.36. The molecule has 0 aromatic carbocycles. The lowest BCUT2D eigenvalue weighted by molar-refractivity contribution is -0.229. The zero-order valence-corrected chi connectivity index (χ0v) is 18.9. The molecule has 3 rings (SSSR count). The molecule has 2 aliphatic heterocycles. The summed E-state index contributed by atoms with van der Waals surface area (Å²) in [5.41, 5.74) is -1.27. The highest BCUT2D eigenvalue weighted by Crippen LogP contribution is 2.39. The van der Waals surface area contributed by atoms with E-state index in [-0.39, 0.29) is 17.6 Å². The van der Waals surface area contributed by atoms with E-state index in [0.29, 0.717) is 0 Å². The lowest BCUT2D eigenvalue weighted by atomic mass is 9.92. The molecule has 1 aromatic heterocycles. The number of carbonyl (C=O) groups excluding carboxylic acids is 1. The van der Waals surface area contributed by atoms with Crippen molar-refractivity contribution in [1.29, 1.82) is 0 Å². The summed E-state index contributed by atoms with van der Waals surface area (Å²) in [5, 5.41) is 9.95. The first-order valence-electron chi connectivity index (χ1n) is 10.4. The first kappa shape index (κ1) is 24.7. The molecular weight excluding hydrogens is 440 g/mol. The minimum absolute atomic E-state index is 0.0705. The summed E-state index contributed by atoms with van der Waals surface area (Å²) in [5.74, 6) is -3.03. The molecule has 8 atom stereocenters. The van der Waals surface area contributed by atoms with Crippen molar-refractivity contribution in [2.75, 3.05) is 14.2 Å². The predicted octanol–water partition coefficient (Wildman–Crippen LogP) is 0.240. The minimum atomic E-state index is -1.54. The monoisotopic (exact) mass is 468 g/mol. The largest absolute Gasteiger partial charge is 0.479 e. The van der Waals surface area contributed by atoms with E-state index in [0.717, 1.165) is 10.6 Å². The van der Waals surface area contributed by atoms with Crippen LogP contribution in [0, 0.1) is 17.8 Å². The summed E-state index contributed by atoms with van der Waals surface area (Å²) in [7, 11) is 2.61. The van der Waals surface area contributed by atoms with Crippen molar-refractivity contribution in [3.63, 3.8) is 0 Å². The molecule has 0 bridgehead atoms. The van der Waals surface area contributed by atoms with Gasteiger partial charge in [-0.3, -0.25) is 14.3 Å². The Bertz CT molecular complexity index is 1030. The van der Waals surface area contributed by atoms with Gasteiger partial charge in [0.25, 0.3) is 5.56 Å². The van der Waals surface area contributed by atoms with Crippen LogP contribution in [-0.2, 0) is 33.3 Å². The Hall–Kier alpha value is -2.96. The second-order valence-electron chi connectivity index (χ2n) is 8.19. The SMILES string of the molecule is COC(=O)C1=CC(C)C(C)C(OC(C(=O)O)C2OC(n3ccc(=O)[nH]c3=O)C(C)C2OC)O1. The standard InChI is InChI=1S/C21H28N2O10/c1-9-8-12(19(27)30-5)31-20(10(9)2)33-16(18(25)26)15-14(29-4)11(3)17(32-15)23-7-6-13(24)22-21(23)28/h6-11,14-17,20H,1-5H3,(H,25,26)(H,22,24,28). The topological polar surface area (TPSA) is 155 Å². The molecular formula is C21H28N2O10. The third kappa shape index (κ3) is 4.87. The van der Waals surface area contributed by atoms with E-state index in [1.54, 1.807) is 19.9 Å². The third-order valence-corrected chi connectivity index (χ3v) is 6.11. The number of esters is 1.